The number of aromatic nitrogens is 1. The van der Waals surface area contributed by atoms with Gasteiger partial charge in [0.2, 0.25) is 0 Å². The van der Waals surface area contributed by atoms with Crippen LogP contribution in [0.25, 0.3) is 10.9 Å². The van der Waals surface area contributed by atoms with E-state index in [2.05, 4.69) is 10.3 Å². The van der Waals surface area contributed by atoms with Crippen LogP contribution in [-0.2, 0) is 13.0 Å². The van der Waals surface area contributed by atoms with E-state index in [0.29, 0.717) is 24.1 Å². The molecular weight excluding hydrogens is 378 g/mol. The van der Waals surface area contributed by atoms with Gasteiger partial charge in [0, 0.05) is 12.6 Å². The van der Waals surface area contributed by atoms with E-state index in [1.807, 2.05) is 54.6 Å². The molecule has 0 aliphatic heterocycles. The van der Waals surface area contributed by atoms with Gasteiger partial charge in [-0.05, 0) is 41.8 Å². The molecule has 0 radical (unpaired) electrons. The molecule has 0 aliphatic carbocycles. The van der Waals surface area contributed by atoms with Crippen molar-refractivity contribution in [3.63, 3.8) is 0 Å². The van der Waals surface area contributed by atoms with E-state index >= 15 is 0 Å². The molecule has 0 amide bonds. The molecule has 150 valence electrons. The van der Waals surface area contributed by atoms with Gasteiger partial charge in [-0.15, -0.1) is 0 Å². The van der Waals surface area contributed by atoms with Crippen LogP contribution in [-0.4, -0.2) is 16.5 Å². The van der Waals surface area contributed by atoms with Gasteiger partial charge in [0.25, 0.3) is 5.69 Å². The lowest BCUT2D eigenvalue weighted by Crippen LogP contribution is -2.05. The molecule has 1 aromatic heterocycles. The van der Waals surface area contributed by atoms with Crippen LogP contribution in [0.3, 0.4) is 0 Å². The molecule has 0 unspecified atom stereocenters. The van der Waals surface area contributed by atoms with Gasteiger partial charge >= 0.3 is 0 Å². The largest absolute Gasteiger partial charge is 0.489 e. The third-order valence-corrected chi connectivity index (χ3v) is 4.81. The van der Waals surface area contributed by atoms with Gasteiger partial charge in [-0.25, -0.2) is 0 Å². The number of rotatable bonds is 8. The van der Waals surface area contributed by atoms with Gasteiger partial charge < -0.3 is 10.1 Å². The van der Waals surface area contributed by atoms with Crippen molar-refractivity contribution in [2.75, 3.05) is 11.9 Å². The van der Waals surface area contributed by atoms with Crippen LogP contribution in [0.1, 0.15) is 11.1 Å². The maximum Gasteiger partial charge on any atom is 0.278 e. The van der Waals surface area contributed by atoms with E-state index in [4.69, 9.17) is 4.74 Å². The molecule has 6 nitrogen and oxygen atoms in total. The van der Waals surface area contributed by atoms with Crippen molar-refractivity contribution in [1.29, 1.82) is 0 Å². The number of hydrogen-bond acceptors (Lipinski definition) is 5. The summed E-state index contributed by atoms with van der Waals surface area (Å²) in [5.74, 6) is 0.835. The Morgan fingerprint density at radius 1 is 0.933 bits per heavy atom. The molecule has 1 N–H and O–H groups in total. The minimum Gasteiger partial charge on any atom is -0.489 e. The quantitative estimate of drug-likeness (QED) is 0.318. The predicted molar refractivity (Wildman–Crippen MR) is 118 cm³/mol. The van der Waals surface area contributed by atoms with Gasteiger partial charge in [-0.1, -0.05) is 48.5 Å². The summed E-state index contributed by atoms with van der Waals surface area (Å²) in [6.45, 7) is 1.24. The fourth-order valence-electron chi connectivity index (χ4n) is 3.23. The molecule has 6 heteroatoms. The summed E-state index contributed by atoms with van der Waals surface area (Å²) in [7, 11) is 0. The van der Waals surface area contributed by atoms with Gasteiger partial charge in [0.15, 0.2) is 0 Å². The van der Waals surface area contributed by atoms with Crippen molar-refractivity contribution < 1.29 is 9.66 Å². The first-order valence-electron chi connectivity index (χ1n) is 9.72. The molecule has 0 spiro atoms. The van der Waals surface area contributed by atoms with Gasteiger partial charge in [0.1, 0.15) is 12.4 Å². The Kier molecular flexibility index (Phi) is 5.85. The van der Waals surface area contributed by atoms with E-state index in [-0.39, 0.29) is 10.6 Å². The number of nitrogens with one attached hydrogen (secondary N) is 1. The first-order chi connectivity index (χ1) is 14.7. The SMILES string of the molecule is O=[N+]([O-])c1cccc2ncc(NCCc3ccc(OCc4ccccc4)cc3)cc12. The molecule has 0 bridgehead atoms. The van der Waals surface area contributed by atoms with Gasteiger partial charge in [-0.2, -0.15) is 0 Å². The Hall–Kier alpha value is -3.93. The molecule has 3 aromatic carbocycles. The number of ether oxygens (including phenoxy) is 1. The molecule has 4 rings (SSSR count). The smallest absolute Gasteiger partial charge is 0.278 e. The maximum atomic E-state index is 11.2. The van der Waals surface area contributed by atoms with Crippen molar-refractivity contribution in [3.05, 3.63) is 106 Å². The molecule has 0 saturated carbocycles. The first kappa shape index (κ1) is 19.4. The minimum atomic E-state index is -0.380. The van der Waals surface area contributed by atoms with Crippen molar-refractivity contribution in [3.8, 4) is 5.75 Å². The topological polar surface area (TPSA) is 77.3 Å². The lowest BCUT2D eigenvalue weighted by Gasteiger charge is -2.09. The minimum absolute atomic E-state index is 0.0646. The number of anilines is 1. The summed E-state index contributed by atoms with van der Waals surface area (Å²) in [6, 6.07) is 24.8. The molecule has 1 heterocycles. The monoisotopic (exact) mass is 399 g/mol. The Labute approximate surface area is 174 Å². The van der Waals surface area contributed by atoms with Crippen LogP contribution in [0, 0.1) is 10.1 Å². The highest BCUT2D eigenvalue weighted by Crippen LogP contribution is 2.26. The number of non-ortho nitro benzene ring substituents is 1. The summed E-state index contributed by atoms with van der Waals surface area (Å²) in [4.78, 5) is 15.2. The molecule has 0 aliphatic rings. The number of fused-ring (bicyclic) bond motifs is 1. The molecule has 4 aromatic rings. The number of benzene rings is 3. The van der Waals surface area contributed by atoms with E-state index in [9.17, 15) is 10.1 Å². The second-order valence-electron chi connectivity index (χ2n) is 6.92. The highest BCUT2D eigenvalue weighted by atomic mass is 16.6. The maximum absolute atomic E-state index is 11.2. The fraction of sp³-hybridized carbons (Fsp3) is 0.125. The van der Waals surface area contributed by atoms with Crippen LogP contribution >= 0.6 is 0 Å². The predicted octanol–water partition coefficient (Wildman–Crippen LogP) is 5.38. The van der Waals surface area contributed by atoms with E-state index in [0.717, 1.165) is 23.4 Å². The molecule has 0 saturated heterocycles. The molecule has 0 fully saturated rings. The average molecular weight is 399 g/mol. The van der Waals surface area contributed by atoms with Crippen molar-refractivity contribution >= 4 is 22.3 Å². The Morgan fingerprint density at radius 3 is 2.50 bits per heavy atom. The Bertz CT molecular complexity index is 1150. The van der Waals surface area contributed by atoms with Crippen molar-refractivity contribution in [1.82, 2.24) is 4.98 Å². The normalized spacial score (nSPS) is 10.7. The van der Waals surface area contributed by atoms with E-state index in [1.165, 1.54) is 11.6 Å². The van der Waals surface area contributed by atoms with Crippen LogP contribution in [0.2, 0.25) is 0 Å². The lowest BCUT2D eigenvalue weighted by atomic mass is 10.1. The first-order valence-corrected chi connectivity index (χ1v) is 9.72. The van der Waals surface area contributed by atoms with Crippen LogP contribution < -0.4 is 10.1 Å². The van der Waals surface area contributed by atoms with Crippen molar-refractivity contribution in [2.45, 2.75) is 13.0 Å². The standard InChI is InChI=1S/C24H21N3O3/c28-27(29)24-8-4-7-23-22(24)15-20(16-26-23)25-14-13-18-9-11-21(12-10-18)30-17-19-5-2-1-3-6-19/h1-12,15-16,25H,13-14,17H2. The zero-order valence-corrected chi connectivity index (χ0v) is 16.3. The fourth-order valence-corrected chi connectivity index (χ4v) is 3.23. The highest BCUT2D eigenvalue weighted by Gasteiger charge is 2.12. The summed E-state index contributed by atoms with van der Waals surface area (Å²) >= 11 is 0. The zero-order valence-electron chi connectivity index (χ0n) is 16.3. The third kappa shape index (κ3) is 4.72. The highest BCUT2D eigenvalue weighted by molar-refractivity contribution is 5.90. The lowest BCUT2D eigenvalue weighted by molar-refractivity contribution is -0.383. The molecule has 0 atom stereocenters. The van der Waals surface area contributed by atoms with E-state index in [1.54, 1.807) is 24.4 Å². The number of nitrogens with zero attached hydrogens (tertiary/aromatic N) is 2. The number of hydrogen-bond donors (Lipinski definition) is 1. The van der Waals surface area contributed by atoms with Gasteiger partial charge in [0.05, 0.1) is 27.7 Å². The summed E-state index contributed by atoms with van der Waals surface area (Å²) in [5.41, 5.74) is 3.75. The summed E-state index contributed by atoms with van der Waals surface area (Å²) < 4.78 is 5.81. The Morgan fingerprint density at radius 2 is 1.73 bits per heavy atom. The number of nitro groups is 1. The zero-order chi connectivity index (χ0) is 20.8. The van der Waals surface area contributed by atoms with E-state index < -0.39 is 0 Å². The molecular formula is C24H21N3O3. The summed E-state index contributed by atoms with van der Waals surface area (Å²) in [6.07, 6.45) is 2.51. The number of pyridine rings is 1. The molecule has 30 heavy (non-hydrogen) atoms. The summed E-state index contributed by atoms with van der Waals surface area (Å²) in [5, 5.41) is 15.1. The second kappa shape index (κ2) is 9.05. The van der Waals surface area contributed by atoms with Crippen LogP contribution in [0.4, 0.5) is 11.4 Å². The number of nitro benzene ring substituents is 1. The van der Waals surface area contributed by atoms with Crippen LogP contribution in [0.15, 0.2) is 85.1 Å². The van der Waals surface area contributed by atoms with Crippen LogP contribution in [0.5, 0.6) is 5.75 Å². The second-order valence-corrected chi connectivity index (χ2v) is 6.92. The van der Waals surface area contributed by atoms with Crippen molar-refractivity contribution in [2.24, 2.45) is 0 Å². The Balaban J connectivity index is 1.33. The van der Waals surface area contributed by atoms with Gasteiger partial charge in [-0.3, -0.25) is 15.1 Å². The third-order valence-electron chi connectivity index (χ3n) is 4.81. The average Bonchev–Trinajstić information content (AvgIpc) is 2.78.